The van der Waals surface area contributed by atoms with Gasteiger partial charge in [-0.05, 0) is 38.5 Å². The van der Waals surface area contributed by atoms with Crippen LogP contribution in [-0.4, -0.2) is 43.0 Å². The van der Waals surface area contributed by atoms with E-state index in [1.165, 1.54) is 12.7 Å². The summed E-state index contributed by atoms with van der Waals surface area (Å²) in [7, 11) is -3.11. The van der Waals surface area contributed by atoms with E-state index in [0.29, 0.717) is 0 Å². The molecule has 2 aliphatic heterocycles. The quantitative estimate of drug-likeness (QED) is 0.861. The van der Waals surface area contributed by atoms with Gasteiger partial charge in [-0.3, -0.25) is 4.79 Å². The summed E-state index contributed by atoms with van der Waals surface area (Å²) in [4.78, 5) is 12.3. The van der Waals surface area contributed by atoms with Gasteiger partial charge in [0.1, 0.15) is 0 Å². The minimum absolute atomic E-state index is 0.0930. The number of nitrogens with zero attached hydrogens (tertiary/aromatic N) is 1. The number of amides is 1. The van der Waals surface area contributed by atoms with E-state index < -0.39 is 10.0 Å². The third-order valence-corrected chi connectivity index (χ3v) is 6.73. The molecule has 2 saturated heterocycles. The first-order chi connectivity index (χ1) is 9.95. The molecule has 2 unspecified atom stereocenters. The zero-order valence-corrected chi connectivity index (χ0v) is 13.6. The van der Waals surface area contributed by atoms with E-state index in [4.69, 9.17) is 0 Å². The first-order valence-electron chi connectivity index (χ1n) is 8.24. The lowest BCUT2D eigenvalue weighted by atomic mass is 9.88. The Morgan fingerprint density at radius 1 is 1.00 bits per heavy atom. The van der Waals surface area contributed by atoms with Gasteiger partial charge >= 0.3 is 0 Å². The van der Waals surface area contributed by atoms with Crippen molar-refractivity contribution in [2.75, 3.05) is 6.26 Å². The van der Waals surface area contributed by atoms with Gasteiger partial charge in [0.25, 0.3) is 0 Å². The zero-order chi connectivity index (χ0) is 15.0. The van der Waals surface area contributed by atoms with Crippen LogP contribution in [0.15, 0.2) is 0 Å². The smallest absolute Gasteiger partial charge is 0.223 e. The van der Waals surface area contributed by atoms with Gasteiger partial charge < -0.3 is 5.32 Å². The highest BCUT2D eigenvalue weighted by Crippen LogP contribution is 2.37. The monoisotopic (exact) mass is 314 g/mol. The zero-order valence-electron chi connectivity index (χ0n) is 12.8. The van der Waals surface area contributed by atoms with Gasteiger partial charge in [0, 0.05) is 24.0 Å². The van der Waals surface area contributed by atoms with Crippen molar-refractivity contribution in [1.82, 2.24) is 9.62 Å². The molecule has 2 atom stereocenters. The van der Waals surface area contributed by atoms with E-state index in [-0.39, 0.29) is 30.0 Å². The minimum Gasteiger partial charge on any atom is -0.353 e. The van der Waals surface area contributed by atoms with Crippen LogP contribution in [0.4, 0.5) is 0 Å². The molecule has 6 heteroatoms. The fourth-order valence-corrected chi connectivity index (χ4v) is 5.94. The summed E-state index contributed by atoms with van der Waals surface area (Å²) in [5.74, 6) is 0.385. The fraction of sp³-hybridized carbons (Fsp3) is 0.933. The molecule has 2 heterocycles. The van der Waals surface area contributed by atoms with Crippen LogP contribution >= 0.6 is 0 Å². The van der Waals surface area contributed by atoms with Gasteiger partial charge in [0.05, 0.1) is 6.26 Å². The number of carbonyl (C=O) groups excluding carboxylic acids is 1. The van der Waals surface area contributed by atoms with Crippen molar-refractivity contribution in [2.45, 2.75) is 75.9 Å². The summed E-state index contributed by atoms with van der Waals surface area (Å²) < 4.78 is 25.4. The van der Waals surface area contributed by atoms with Crippen LogP contribution in [0.1, 0.15) is 57.8 Å². The predicted molar refractivity (Wildman–Crippen MR) is 81.2 cm³/mol. The Hall–Kier alpha value is -0.620. The van der Waals surface area contributed by atoms with E-state index in [1.54, 1.807) is 4.31 Å². The number of piperidine rings is 1. The van der Waals surface area contributed by atoms with Crippen molar-refractivity contribution in [3.8, 4) is 0 Å². The molecule has 0 spiro atoms. The van der Waals surface area contributed by atoms with Crippen molar-refractivity contribution in [3.05, 3.63) is 0 Å². The topological polar surface area (TPSA) is 66.5 Å². The molecule has 1 aliphatic carbocycles. The van der Waals surface area contributed by atoms with E-state index in [1.807, 2.05) is 0 Å². The van der Waals surface area contributed by atoms with E-state index >= 15 is 0 Å². The van der Waals surface area contributed by atoms with Gasteiger partial charge in [0.15, 0.2) is 0 Å². The maximum absolute atomic E-state index is 12.3. The normalized spacial score (nSPS) is 34.8. The molecule has 1 amide bonds. The molecule has 3 aliphatic rings. The Kier molecular flexibility index (Phi) is 4.28. The maximum Gasteiger partial charge on any atom is 0.223 e. The Morgan fingerprint density at radius 2 is 1.57 bits per heavy atom. The first-order valence-corrected chi connectivity index (χ1v) is 10.1. The second kappa shape index (κ2) is 5.88. The molecule has 1 saturated carbocycles. The van der Waals surface area contributed by atoms with E-state index in [0.717, 1.165) is 51.4 Å². The molecular weight excluding hydrogens is 288 g/mol. The molecule has 120 valence electrons. The molecule has 3 fully saturated rings. The summed E-state index contributed by atoms with van der Waals surface area (Å²) in [6.07, 6.45) is 10.3. The minimum atomic E-state index is -3.11. The molecule has 1 N–H and O–H groups in total. The van der Waals surface area contributed by atoms with Crippen LogP contribution in [0.3, 0.4) is 0 Å². The lowest BCUT2D eigenvalue weighted by molar-refractivity contribution is -0.127. The Balaban J connectivity index is 1.59. The third kappa shape index (κ3) is 3.26. The Labute approximate surface area is 127 Å². The maximum atomic E-state index is 12.3. The Morgan fingerprint density at radius 3 is 2.10 bits per heavy atom. The molecule has 3 rings (SSSR count). The van der Waals surface area contributed by atoms with Crippen LogP contribution in [0, 0.1) is 5.92 Å². The summed E-state index contributed by atoms with van der Waals surface area (Å²) in [6.45, 7) is 0. The number of rotatable bonds is 3. The second-order valence-electron chi connectivity index (χ2n) is 6.99. The van der Waals surface area contributed by atoms with Crippen LogP contribution < -0.4 is 5.32 Å². The van der Waals surface area contributed by atoms with Crippen LogP contribution in [0.25, 0.3) is 0 Å². The Bertz CT molecular complexity index is 485. The van der Waals surface area contributed by atoms with Crippen molar-refractivity contribution in [1.29, 1.82) is 0 Å². The van der Waals surface area contributed by atoms with Gasteiger partial charge in [-0.1, -0.05) is 19.3 Å². The molecule has 0 aromatic heterocycles. The molecule has 2 bridgehead atoms. The SMILES string of the molecule is CS(=O)(=O)N1C2CCC1CC(NC(=O)C1CCCCC1)C2. The molecular formula is C15H26N2O3S. The molecule has 0 aromatic rings. The number of hydrogen-bond donors (Lipinski definition) is 1. The average molecular weight is 314 g/mol. The molecule has 21 heavy (non-hydrogen) atoms. The molecule has 0 aromatic carbocycles. The van der Waals surface area contributed by atoms with Gasteiger partial charge in [-0.2, -0.15) is 4.31 Å². The number of nitrogens with one attached hydrogen (secondary N) is 1. The highest BCUT2D eigenvalue weighted by molar-refractivity contribution is 7.88. The van der Waals surface area contributed by atoms with Crippen LogP contribution in [0.5, 0.6) is 0 Å². The molecule has 5 nitrogen and oxygen atoms in total. The highest BCUT2D eigenvalue weighted by Gasteiger charge is 2.45. The number of fused-ring (bicyclic) bond motifs is 2. The number of hydrogen-bond acceptors (Lipinski definition) is 3. The summed E-state index contributed by atoms with van der Waals surface area (Å²) >= 11 is 0. The van der Waals surface area contributed by atoms with E-state index in [9.17, 15) is 13.2 Å². The highest BCUT2D eigenvalue weighted by atomic mass is 32.2. The number of carbonyl (C=O) groups is 1. The lowest BCUT2D eigenvalue weighted by Crippen LogP contribution is -2.52. The molecule has 0 radical (unpaired) electrons. The van der Waals surface area contributed by atoms with Gasteiger partial charge in [-0.15, -0.1) is 0 Å². The van der Waals surface area contributed by atoms with Crippen molar-refractivity contribution in [2.24, 2.45) is 5.92 Å². The largest absolute Gasteiger partial charge is 0.353 e. The van der Waals surface area contributed by atoms with Crippen molar-refractivity contribution in [3.63, 3.8) is 0 Å². The second-order valence-corrected chi connectivity index (χ2v) is 8.88. The average Bonchev–Trinajstić information content (AvgIpc) is 2.72. The summed E-state index contributed by atoms with van der Waals surface area (Å²) in [5.41, 5.74) is 0. The summed E-state index contributed by atoms with van der Waals surface area (Å²) in [6, 6.07) is 0.348. The van der Waals surface area contributed by atoms with Gasteiger partial charge in [-0.25, -0.2) is 8.42 Å². The standard InChI is InChI=1S/C15H26N2O3S/c1-21(19,20)17-13-7-8-14(17)10-12(9-13)16-15(18)11-5-3-2-4-6-11/h11-14H,2-10H2,1H3,(H,16,18). The van der Waals surface area contributed by atoms with Gasteiger partial charge in [0.2, 0.25) is 15.9 Å². The lowest BCUT2D eigenvalue weighted by Gasteiger charge is -2.38. The first kappa shape index (κ1) is 15.3. The fourth-order valence-electron chi connectivity index (χ4n) is 4.48. The van der Waals surface area contributed by atoms with E-state index in [2.05, 4.69) is 5.32 Å². The number of sulfonamides is 1. The summed E-state index contributed by atoms with van der Waals surface area (Å²) in [5, 5.41) is 3.20. The van der Waals surface area contributed by atoms with Crippen LogP contribution in [-0.2, 0) is 14.8 Å². The third-order valence-electron chi connectivity index (χ3n) is 5.37. The predicted octanol–water partition coefficient (Wildman–Crippen LogP) is 1.64. The van der Waals surface area contributed by atoms with Crippen molar-refractivity contribution >= 4 is 15.9 Å². The van der Waals surface area contributed by atoms with Crippen molar-refractivity contribution < 1.29 is 13.2 Å². The van der Waals surface area contributed by atoms with Crippen LogP contribution in [0.2, 0.25) is 0 Å².